The van der Waals surface area contributed by atoms with Crippen LogP contribution in [-0.2, 0) is 25.6 Å². The molecule has 3 N–H and O–H groups in total. The molecule has 2 heterocycles. The van der Waals surface area contributed by atoms with E-state index in [0.29, 0.717) is 41.0 Å². The van der Waals surface area contributed by atoms with E-state index in [2.05, 4.69) is 21.2 Å². The van der Waals surface area contributed by atoms with Crippen LogP contribution < -0.4 is 15.8 Å². The Balaban J connectivity index is 1.75. The molecule has 1 fully saturated rings. The summed E-state index contributed by atoms with van der Waals surface area (Å²) in [6.07, 6.45) is -0.378. The van der Waals surface area contributed by atoms with Gasteiger partial charge >= 0.3 is 12.1 Å². The van der Waals surface area contributed by atoms with E-state index in [1.165, 1.54) is 4.90 Å². The molecule has 1 saturated heterocycles. The van der Waals surface area contributed by atoms with Crippen LogP contribution in [0.3, 0.4) is 0 Å². The van der Waals surface area contributed by atoms with E-state index in [1.807, 2.05) is 27.7 Å². The van der Waals surface area contributed by atoms with Gasteiger partial charge in [-0.1, -0.05) is 0 Å². The molecule has 0 spiro atoms. The van der Waals surface area contributed by atoms with Gasteiger partial charge in [-0.05, 0) is 82.9 Å². The van der Waals surface area contributed by atoms with Crippen LogP contribution in [0, 0.1) is 5.92 Å². The minimum absolute atomic E-state index is 0.0487. The van der Waals surface area contributed by atoms with Crippen molar-refractivity contribution in [2.24, 2.45) is 11.7 Å². The monoisotopic (exact) mass is 638 g/mol. The minimum Gasteiger partial charge on any atom is -0.492 e. The smallest absolute Gasteiger partial charge is 0.410 e. The average molecular weight is 640 g/mol. The number of amides is 3. The number of hydrogen-bond acceptors (Lipinski definition) is 8. The van der Waals surface area contributed by atoms with E-state index in [4.69, 9.17) is 19.9 Å². The normalized spacial score (nSPS) is 20.2. The van der Waals surface area contributed by atoms with Gasteiger partial charge in [-0.2, -0.15) is 0 Å². The van der Waals surface area contributed by atoms with Crippen LogP contribution in [0.15, 0.2) is 16.6 Å². The van der Waals surface area contributed by atoms with E-state index in [9.17, 15) is 19.2 Å². The van der Waals surface area contributed by atoms with Gasteiger partial charge in [0, 0.05) is 49.1 Å². The highest BCUT2D eigenvalue weighted by Gasteiger charge is 2.38. The zero-order chi connectivity index (χ0) is 30.7. The van der Waals surface area contributed by atoms with Gasteiger partial charge in [0.15, 0.2) is 0 Å². The van der Waals surface area contributed by atoms with Crippen molar-refractivity contribution in [3.63, 3.8) is 0 Å². The SMILES string of the molecule is CC1NCCN(C(=O)OC(C)(C)C)C[C@@H]1COc1c(Br)ccc2c1CN(C(CCC(=O)OC(C)(C)C)C(N)=O)C2=O. The highest BCUT2D eigenvalue weighted by Crippen LogP contribution is 2.38. The summed E-state index contributed by atoms with van der Waals surface area (Å²) in [5.74, 6) is -1.09. The van der Waals surface area contributed by atoms with Crippen LogP contribution in [-0.4, -0.2) is 83.2 Å². The van der Waals surface area contributed by atoms with Crippen molar-refractivity contribution in [1.29, 1.82) is 0 Å². The van der Waals surface area contributed by atoms with Crippen LogP contribution in [0.25, 0.3) is 0 Å². The van der Waals surface area contributed by atoms with E-state index in [-0.39, 0.29) is 50.0 Å². The third-order valence-corrected chi connectivity index (χ3v) is 7.51. The number of rotatable bonds is 8. The maximum Gasteiger partial charge on any atom is 0.410 e. The lowest BCUT2D eigenvalue weighted by molar-refractivity contribution is -0.155. The van der Waals surface area contributed by atoms with Crippen LogP contribution in [0.4, 0.5) is 4.79 Å². The molecule has 41 heavy (non-hydrogen) atoms. The fourth-order valence-corrected chi connectivity index (χ4v) is 5.35. The molecular weight excluding hydrogens is 596 g/mol. The summed E-state index contributed by atoms with van der Waals surface area (Å²) >= 11 is 3.55. The highest BCUT2D eigenvalue weighted by atomic mass is 79.9. The van der Waals surface area contributed by atoms with E-state index in [0.717, 1.165) is 0 Å². The zero-order valence-electron chi connectivity index (χ0n) is 25.0. The molecule has 0 radical (unpaired) electrons. The number of hydrogen-bond donors (Lipinski definition) is 2. The number of fused-ring (bicyclic) bond motifs is 1. The Morgan fingerprint density at radius 3 is 2.39 bits per heavy atom. The third-order valence-electron chi connectivity index (χ3n) is 6.88. The third kappa shape index (κ3) is 8.81. The first kappa shape index (κ1) is 32.7. The Kier molecular flexibility index (Phi) is 10.3. The summed E-state index contributed by atoms with van der Waals surface area (Å²) in [6, 6.07) is 2.49. The number of carbonyl (C=O) groups is 4. The van der Waals surface area contributed by atoms with Gasteiger partial charge in [0.25, 0.3) is 5.91 Å². The van der Waals surface area contributed by atoms with Crippen molar-refractivity contribution < 1.29 is 33.4 Å². The number of benzene rings is 1. The van der Waals surface area contributed by atoms with Crippen LogP contribution in [0.1, 0.15) is 77.2 Å². The maximum absolute atomic E-state index is 13.4. The number of primary amides is 1. The Morgan fingerprint density at radius 1 is 1.12 bits per heavy atom. The first-order chi connectivity index (χ1) is 19.0. The van der Waals surface area contributed by atoms with Gasteiger partial charge < -0.3 is 35.1 Å². The summed E-state index contributed by atoms with van der Waals surface area (Å²) in [6.45, 7) is 14.8. The van der Waals surface area contributed by atoms with E-state index in [1.54, 1.807) is 37.8 Å². The Hall–Kier alpha value is -2.86. The highest BCUT2D eigenvalue weighted by molar-refractivity contribution is 9.10. The average Bonchev–Trinajstić information content (AvgIpc) is 3.02. The number of nitrogens with two attached hydrogens (primary N) is 1. The van der Waals surface area contributed by atoms with Gasteiger partial charge in [-0.15, -0.1) is 0 Å². The summed E-state index contributed by atoms with van der Waals surface area (Å²) in [4.78, 5) is 53.9. The van der Waals surface area contributed by atoms with E-state index < -0.39 is 29.1 Å². The molecule has 12 heteroatoms. The molecule has 2 aliphatic rings. The van der Waals surface area contributed by atoms with Gasteiger partial charge in [0.2, 0.25) is 5.91 Å². The Morgan fingerprint density at radius 2 is 1.78 bits per heavy atom. The molecule has 1 aromatic rings. The first-order valence-corrected chi connectivity index (χ1v) is 14.7. The summed E-state index contributed by atoms with van der Waals surface area (Å²) in [7, 11) is 0. The number of nitrogens with zero attached hydrogens (tertiary/aromatic N) is 2. The molecule has 0 bridgehead atoms. The second kappa shape index (κ2) is 13.0. The minimum atomic E-state index is -0.984. The summed E-state index contributed by atoms with van der Waals surface area (Å²) in [5.41, 5.74) is 5.46. The largest absolute Gasteiger partial charge is 0.492 e. The van der Waals surface area contributed by atoms with Crippen molar-refractivity contribution in [3.8, 4) is 5.75 Å². The van der Waals surface area contributed by atoms with Gasteiger partial charge in [0.05, 0.1) is 17.6 Å². The molecule has 2 aliphatic heterocycles. The van der Waals surface area contributed by atoms with Crippen LogP contribution in [0.2, 0.25) is 0 Å². The van der Waals surface area contributed by atoms with Crippen molar-refractivity contribution in [3.05, 3.63) is 27.7 Å². The quantitative estimate of drug-likeness (QED) is 0.412. The van der Waals surface area contributed by atoms with Crippen molar-refractivity contribution in [1.82, 2.24) is 15.1 Å². The van der Waals surface area contributed by atoms with E-state index >= 15 is 0 Å². The van der Waals surface area contributed by atoms with Gasteiger partial charge in [-0.3, -0.25) is 14.4 Å². The van der Waals surface area contributed by atoms with Gasteiger partial charge in [-0.25, -0.2) is 4.79 Å². The fraction of sp³-hybridized carbons (Fsp3) is 0.655. The molecule has 0 aromatic heterocycles. The van der Waals surface area contributed by atoms with Crippen molar-refractivity contribution in [2.75, 3.05) is 26.2 Å². The Labute approximate surface area is 250 Å². The molecule has 11 nitrogen and oxygen atoms in total. The van der Waals surface area contributed by atoms with Crippen LogP contribution >= 0.6 is 15.9 Å². The standard InChI is InChI=1S/C29H43BrN4O7/c1-17-18(14-33(13-12-32-17)27(38)41-29(5,6)7)16-39-24-20-15-34(26(37)19(20)8-9-21(24)30)22(25(31)36)10-11-23(35)40-28(2,3)4/h8-9,17-18,22,32H,10-16H2,1-7H3,(H2,31,36)/t17?,18-,22?/m1/s1. The number of halogens is 1. The molecule has 3 atom stereocenters. The predicted octanol–water partition coefficient (Wildman–Crippen LogP) is 3.60. The molecule has 2 unspecified atom stereocenters. The van der Waals surface area contributed by atoms with Crippen molar-refractivity contribution >= 4 is 39.8 Å². The molecule has 3 rings (SSSR count). The fourth-order valence-electron chi connectivity index (χ4n) is 4.87. The molecule has 0 aliphatic carbocycles. The lowest BCUT2D eigenvalue weighted by Gasteiger charge is -2.29. The molecule has 0 saturated carbocycles. The zero-order valence-corrected chi connectivity index (χ0v) is 26.6. The second-order valence-corrected chi connectivity index (χ2v) is 13.5. The number of carbonyl (C=O) groups excluding carboxylic acids is 4. The number of nitrogens with one attached hydrogen (secondary N) is 1. The summed E-state index contributed by atoms with van der Waals surface area (Å²) < 4.78 is 17.9. The lowest BCUT2D eigenvalue weighted by Crippen LogP contribution is -2.45. The lowest BCUT2D eigenvalue weighted by atomic mass is 10.0. The summed E-state index contributed by atoms with van der Waals surface area (Å²) in [5, 5.41) is 3.43. The number of esters is 1. The first-order valence-electron chi connectivity index (χ1n) is 13.9. The van der Waals surface area contributed by atoms with Gasteiger partial charge in [0.1, 0.15) is 23.0 Å². The predicted molar refractivity (Wildman–Crippen MR) is 156 cm³/mol. The number of ether oxygens (including phenoxy) is 3. The van der Waals surface area contributed by atoms with Crippen LogP contribution in [0.5, 0.6) is 5.75 Å². The maximum atomic E-state index is 13.4. The topological polar surface area (TPSA) is 140 Å². The molecular formula is C29H43BrN4O7. The van der Waals surface area contributed by atoms with Crippen molar-refractivity contribution in [2.45, 2.75) is 91.1 Å². The second-order valence-electron chi connectivity index (χ2n) is 12.6. The molecule has 3 amide bonds. The molecule has 228 valence electrons. The Bertz CT molecular complexity index is 1160. The molecule has 1 aromatic carbocycles.